The van der Waals surface area contributed by atoms with Crippen LogP contribution in [0, 0.1) is 0 Å². The molecule has 2 N–H and O–H groups in total. The second-order valence-electron chi connectivity index (χ2n) is 7.99. The lowest BCUT2D eigenvalue weighted by Gasteiger charge is -2.20. The van der Waals surface area contributed by atoms with Crippen LogP contribution in [0.3, 0.4) is 0 Å². The van der Waals surface area contributed by atoms with E-state index < -0.39 is 6.10 Å². The van der Waals surface area contributed by atoms with Crippen LogP contribution in [0.25, 0.3) is 0 Å². The van der Waals surface area contributed by atoms with Gasteiger partial charge in [-0.1, -0.05) is 54.4 Å². The van der Waals surface area contributed by atoms with E-state index in [0.29, 0.717) is 29.0 Å². The third kappa shape index (κ3) is 7.51. The summed E-state index contributed by atoms with van der Waals surface area (Å²) in [5.74, 6) is -0.0543. The molecule has 0 aliphatic carbocycles. The van der Waals surface area contributed by atoms with Gasteiger partial charge in [0, 0.05) is 49.7 Å². The molecule has 6 nitrogen and oxygen atoms in total. The van der Waals surface area contributed by atoms with Gasteiger partial charge in [0.2, 0.25) is 0 Å². The van der Waals surface area contributed by atoms with Crippen molar-refractivity contribution < 1.29 is 9.90 Å². The van der Waals surface area contributed by atoms with Crippen molar-refractivity contribution in [1.29, 1.82) is 0 Å². The lowest BCUT2D eigenvalue weighted by molar-refractivity contribution is 0.0785. The summed E-state index contributed by atoms with van der Waals surface area (Å²) >= 11 is 11.6. The lowest BCUT2D eigenvalue weighted by atomic mass is 10.0. The Morgan fingerprint density at radius 3 is 2.21 bits per heavy atom. The minimum absolute atomic E-state index is 0.0543. The number of hydrogen-bond acceptors (Lipinski definition) is 5. The second-order valence-corrected chi connectivity index (χ2v) is 8.77. The molecule has 174 valence electrons. The third-order valence-electron chi connectivity index (χ3n) is 5.47. The molecule has 3 rings (SSSR count). The van der Waals surface area contributed by atoms with Crippen molar-refractivity contribution in [2.24, 2.45) is 0 Å². The zero-order chi connectivity index (χ0) is 23.8. The van der Waals surface area contributed by atoms with Crippen LogP contribution in [0.2, 0.25) is 10.3 Å². The number of carbonyl (C=O) groups is 1. The van der Waals surface area contributed by atoms with Gasteiger partial charge in [-0.15, -0.1) is 0 Å². The molecule has 0 bridgehead atoms. The van der Waals surface area contributed by atoms with Crippen LogP contribution < -0.4 is 5.32 Å². The molecule has 33 heavy (non-hydrogen) atoms. The molecule has 0 radical (unpaired) electrons. The number of pyridine rings is 2. The fourth-order valence-corrected chi connectivity index (χ4v) is 3.70. The maximum Gasteiger partial charge on any atom is 0.253 e. The number of benzene rings is 1. The Bertz CT molecular complexity index is 1030. The van der Waals surface area contributed by atoms with Crippen molar-refractivity contribution in [2.45, 2.75) is 38.5 Å². The second kappa shape index (κ2) is 12.1. The van der Waals surface area contributed by atoms with Gasteiger partial charge in [-0.2, -0.15) is 0 Å². The first-order valence-electron chi connectivity index (χ1n) is 10.8. The van der Waals surface area contributed by atoms with E-state index in [0.717, 1.165) is 29.5 Å². The Hall–Kier alpha value is -2.51. The molecule has 3 aromatic rings. The summed E-state index contributed by atoms with van der Waals surface area (Å²) in [5, 5.41) is 14.6. The van der Waals surface area contributed by atoms with Crippen molar-refractivity contribution in [2.75, 3.05) is 13.6 Å². The van der Waals surface area contributed by atoms with Gasteiger partial charge in [0.05, 0.1) is 6.10 Å². The minimum Gasteiger partial charge on any atom is -0.387 e. The van der Waals surface area contributed by atoms with Gasteiger partial charge in [-0.05, 0) is 48.2 Å². The van der Waals surface area contributed by atoms with Crippen LogP contribution in [-0.2, 0) is 13.0 Å². The largest absolute Gasteiger partial charge is 0.387 e. The number of amides is 1. The number of nitrogens with one attached hydrogen (secondary N) is 1. The topological polar surface area (TPSA) is 78.4 Å². The van der Waals surface area contributed by atoms with E-state index in [4.69, 9.17) is 23.2 Å². The zero-order valence-corrected chi connectivity index (χ0v) is 20.2. The maximum absolute atomic E-state index is 12.8. The van der Waals surface area contributed by atoms with Gasteiger partial charge < -0.3 is 15.3 Å². The van der Waals surface area contributed by atoms with Gasteiger partial charge >= 0.3 is 0 Å². The lowest BCUT2D eigenvalue weighted by Crippen LogP contribution is -2.34. The normalized spacial score (nSPS) is 12.9. The monoisotopic (exact) mass is 486 g/mol. The predicted molar refractivity (Wildman–Crippen MR) is 131 cm³/mol. The Morgan fingerprint density at radius 1 is 1.00 bits per heavy atom. The van der Waals surface area contributed by atoms with Crippen molar-refractivity contribution in [1.82, 2.24) is 20.2 Å². The Balaban J connectivity index is 1.52. The Kier molecular flexibility index (Phi) is 9.21. The summed E-state index contributed by atoms with van der Waals surface area (Å²) in [6, 6.07) is 14.9. The van der Waals surface area contributed by atoms with Crippen LogP contribution >= 0.6 is 23.2 Å². The highest BCUT2D eigenvalue weighted by Crippen LogP contribution is 2.15. The summed E-state index contributed by atoms with van der Waals surface area (Å²) in [7, 11) is 1.77. The zero-order valence-electron chi connectivity index (χ0n) is 18.7. The number of aliphatic hydroxyl groups is 1. The minimum atomic E-state index is -0.657. The van der Waals surface area contributed by atoms with E-state index in [2.05, 4.69) is 22.2 Å². The average molecular weight is 487 g/mol. The smallest absolute Gasteiger partial charge is 0.253 e. The van der Waals surface area contributed by atoms with Crippen LogP contribution in [0.1, 0.15) is 46.5 Å². The number of rotatable bonds is 10. The number of halogens is 2. The first-order chi connectivity index (χ1) is 15.9. The molecule has 2 aromatic heterocycles. The van der Waals surface area contributed by atoms with Crippen molar-refractivity contribution in [3.8, 4) is 0 Å². The highest BCUT2D eigenvalue weighted by Gasteiger charge is 2.15. The quantitative estimate of drug-likeness (QED) is 0.406. The Morgan fingerprint density at radius 2 is 1.64 bits per heavy atom. The number of aliphatic hydroxyl groups excluding tert-OH is 1. The number of hydrogen-bond donors (Lipinski definition) is 2. The molecule has 0 aliphatic heterocycles. The van der Waals surface area contributed by atoms with Crippen LogP contribution in [-0.4, -0.2) is 45.5 Å². The van der Waals surface area contributed by atoms with E-state index in [1.165, 1.54) is 0 Å². The van der Waals surface area contributed by atoms with E-state index in [9.17, 15) is 9.90 Å². The van der Waals surface area contributed by atoms with Crippen molar-refractivity contribution in [3.63, 3.8) is 0 Å². The molecule has 0 saturated carbocycles. The molecule has 2 atom stereocenters. The molecule has 0 aliphatic rings. The molecular weight excluding hydrogens is 459 g/mol. The van der Waals surface area contributed by atoms with Crippen LogP contribution in [0.5, 0.6) is 0 Å². The molecule has 0 unspecified atom stereocenters. The summed E-state index contributed by atoms with van der Waals surface area (Å²) in [6.07, 6.45) is 4.31. The highest BCUT2D eigenvalue weighted by atomic mass is 35.5. The van der Waals surface area contributed by atoms with E-state index >= 15 is 0 Å². The average Bonchev–Trinajstić information content (AvgIpc) is 2.83. The van der Waals surface area contributed by atoms with E-state index in [1.54, 1.807) is 42.5 Å². The van der Waals surface area contributed by atoms with Crippen molar-refractivity contribution in [3.05, 3.63) is 93.5 Å². The van der Waals surface area contributed by atoms with Gasteiger partial charge in [-0.3, -0.25) is 4.79 Å². The highest BCUT2D eigenvalue weighted by molar-refractivity contribution is 6.29. The molecule has 1 amide bonds. The summed E-state index contributed by atoms with van der Waals surface area (Å²) < 4.78 is 0. The molecular formula is C25H28Cl2N4O2. The fourth-order valence-electron chi connectivity index (χ4n) is 3.48. The maximum atomic E-state index is 12.8. The number of aromatic nitrogens is 2. The van der Waals surface area contributed by atoms with E-state index in [1.807, 2.05) is 30.3 Å². The van der Waals surface area contributed by atoms with Crippen LogP contribution in [0.15, 0.2) is 60.9 Å². The predicted octanol–water partition coefficient (Wildman–Crippen LogP) is 4.70. The molecule has 0 spiro atoms. The number of carbonyl (C=O) groups excluding carboxylic acids is 1. The van der Waals surface area contributed by atoms with Gasteiger partial charge in [-0.25, -0.2) is 9.97 Å². The summed E-state index contributed by atoms with van der Waals surface area (Å²) in [6.45, 7) is 2.98. The Labute approximate surface area is 204 Å². The van der Waals surface area contributed by atoms with Gasteiger partial charge in [0.1, 0.15) is 10.3 Å². The number of nitrogens with zero attached hydrogens (tertiary/aromatic N) is 3. The molecule has 1 aromatic carbocycles. The third-order valence-corrected chi connectivity index (χ3v) is 5.91. The SMILES string of the molecule is CC[C@@H](Cc1ccc(C(=O)N(C)Cc2ccc(Cl)nc2)cc1)NC[C@H](O)c1ccc(Cl)nc1. The molecule has 8 heteroatoms. The van der Waals surface area contributed by atoms with Crippen LogP contribution in [0.4, 0.5) is 0 Å². The molecule has 0 saturated heterocycles. The van der Waals surface area contributed by atoms with Gasteiger partial charge in [0.15, 0.2) is 0 Å². The summed E-state index contributed by atoms with van der Waals surface area (Å²) in [5.41, 5.74) is 3.40. The van der Waals surface area contributed by atoms with Crippen molar-refractivity contribution >= 4 is 29.1 Å². The fraction of sp³-hybridized carbons (Fsp3) is 0.320. The van der Waals surface area contributed by atoms with Gasteiger partial charge in [0.25, 0.3) is 5.91 Å². The molecule has 2 heterocycles. The first-order valence-corrected chi connectivity index (χ1v) is 11.6. The summed E-state index contributed by atoms with van der Waals surface area (Å²) in [4.78, 5) is 22.5. The first kappa shape index (κ1) is 25.1. The van der Waals surface area contributed by atoms with E-state index in [-0.39, 0.29) is 11.9 Å². The standard InChI is InChI=1S/C25H28Cl2N4O2/c1-3-21(28-15-22(32)20-9-11-24(27)30-14-20)12-17-4-7-19(8-5-17)25(33)31(2)16-18-6-10-23(26)29-13-18/h4-11,13-14,21-22,28,32H,3,12,15-16H2,1-2H3/t21-,22-/m0/s1. The molecule has 0 fully saturated rings.